The van der Waals surface area contributed by atoms with Gasteiger partial charge in [-0.15, -0.1) is 0 Å². The Morgan fingerprint density at radius 3 is 3.05 bits per heavy atom. The zero-order valence-corrected chi connectivity index (χ0v) is 10.7. The third-order valence-corrected chi connectivity index (χ3v) is 3.50. The highest BCUT2D eigenvalue weighted by Crippen LogP contribution is 2.36. The summed E-state index contributed by atoms with van der Waals surface area (Å²) in [4.78, 5) is 14.2. The molecule has 1 aromatic heterocycles. The standard InChI is InChI=1S/C14H15N3O2/c1-9-11(8-15-16-9)14(19)17-7-3-5-10-4-2-6-12(18)13(10)17/h2,4,6,8,18H,3,5,7H2,1H3,(H,15,16). The normalized spacial score (nSPS) is 14.3. The molecule has 5 nitrogen and oxygen atoms in total. The first kappa shape index (κ1) is 11.8. The predicted octanol–water partition coefficient (Wildman–Crippen LogP) is 2.02. The molecule has 2 aromatic rings. The van der Waals surface area contributed by atoms with Gasteiger partial charge in [0.25, 0.3) is 5.91 Å². The van der Waals surface area contributed by atoms with Crippen LogP contribution < -0.4 is 4.90 Å². The highest BCUT2D eigenvalue weighted by molar-refractivity contribution is 6.08. The maximum absolute atomic E-state index is 12.6. The van der Waals surface area contributed by atoms with Crippen molar-refractivity contribution in [3.8, 4) is 5.75 Å². The van der Waals surface area contributed by atoms with E-state index >= 15 is 0 Å². The highest BCUT2D eigenvalue weighted by Gasteiger charge is 2.27. The number of benzene rings is 1. The minimum absolute atomic E-state index is 0.117. The summed E-state index contributed by atoms with van der Waals surface area (Å²) in [5.74, 6) is 0.0420. The maximum atomic E-state index is 12.6. The van der Waals surface area contributed by atoms with Crippen molar-refractivity contribution in [1.82, 2.24) is 10.2 Å². The van der Waals surface area contributed by atoms with Crippen molar-refractivity contribution in [2.75, 3.05) is 11.4 Å². The molecular formula is C14H15N3O2. The fourth-order valence-corrected chi connectivity index (χ4v) is 2.55. The molecule has 1 aromatic carbocycles. The van der Waals surface area contributed by atoms with Crippen molar-refractivity contribution in [2.45, 2.75) is 19.8 Å². The SMILES string of the molecule is Cc1[nH]ncc1C(=O)N1CCCc2cccc(O)c21. The van der Waals surface area contributed by atoms with Crippen LogP contribution in [0.4, 0.5) is 5.69 Å². The van der Waals surface area contributed by atoms with Crippen LogP contribution in [0.1, 0.15) is 28.0 Å². The number of nitrogens with zero attached hydrogens (tertiary/aromatic N) is 2. The van der Waals surface area contributed by atoms with Gasteiger partial charge in [0.15, 0.2) is 0 Å². The van der Waals surface area contributed by atoms with Crippen molar-refractivity contribution >= 4 is 11.6 Å². The molecule has 1 aliphatic heterocycles. The summed E-state index contributed by atoms with van der Waals surface area (Å²) in [6, 6.07) is 5.38. The van der Waals surface area contributed by atoms with Crippen LogP contribution in [0.2, 0.25) is 0 Å². The Hall–Kier alpha value is -2.30. The van der Waals surface area contributed by atoms with Gasteiger partial charge in [0.2, 0.25) is 0 Å². The number of hydrogen-bond donors (Lipinski definition) is 2. The van der Waals surface area contributed by atoms with Crippen LogP contribution >= 0.6 is 0 Å². The first-order valence-corrected chi connectivity index (χ1v) is 6.31. The number of phenolic OH excluding ortho intramolecular Hbond substituents is 1. The molecule has 3 rings (SSSR count). The van der Waals surface area contributed by atoms with Gasteiger partial charge in [0, 0.05) is 12.2 Å². The first-order valence-electron chi connectivity index (χ1n) is 6.31. The molecule has 0 spiro atoms. The van der Waals surface area contributed by atoms with Gasteiger partial charge < -0.3 is 10.0 Å². The molecule has 0 atom stereocenters. The molecule has 0 radical (unpaired) electrons. The number of para-hydroxylation sites is 1. The lowest BCUT2D eigenvalue weighted by Crippen LogP contribution is -2.35. The third-order valence-electron chi connectivity index (χ3n) is 3.50. The first-order chi connectivity index (χ1) is 9.18. The lowest BCUT2D eigenvalue weighted by Gasteiger charge is -2.30. The summed E-state index contributed by atoms with van der Waals surface area (Å²) in [5, 5.41) is 16.7. The van der Waals surface area contributed by atoms with Crippen LogP contribution in [0.3, 0.4) is 0 Å². The van der Waals surface area contributed by atoms with Gasteiger partial charge in [-0.2, -0.15) is 5.10 Å². The Labute approximate surface area is 110 Å². The maximum Gasteiger partial charge on any atom is 0.261 e. The van der Waals surface area contributed by atoms with Crippen molar-refractivity contribution in [2.24, 2.45) is 0 Å². The predicted molar refractivity (Wildman–Crippen MR) is 71.4 cm³/mol. The van der Waals surface area contributed by atoms with E-state index in [2.05, 4.69) is 10.2 Å². The number of carbonyl (C=O) groups excluding carboxylic acids is 1. The number of rotatable bonds is 1. The van der Waals surface area contributed by atoms with Gasteiger partial charge in [-0.3, -0.25) is 9.89 Å². The number of fused-ring (bicyclic) bond motifs is 1. The van der Waals surface area contributed by atoms with E-state index in [9.17, 15) is 9.90 Å². The lowest BCUT2D eigenvalue weighted by molar-refractivity contribution is 0.0984. The number of aromatic hydroxyl groups is 1. The molecule has 0 bridgehead atoms. The van der Waals surface area contributed by atoms with Gasteiger partial charge in [-0.1, -0.05) is 12.1 Å². The Bertz CT molecular complexity index is 633. The summed E-state index contributed by atoms with van der Waals surface area (Å²) in [6.45, 7) is 2.43. The van der Waals surface area contributed by atoms with Gasteiger partial charge in [0.05, 0.1) is 17.4 Å². The minimum Gasteiger partial charge on any atom is -0.506 e. The lowest BCUT2D eigenvalue weighted by atomic mass is 10.00. The van der Waals surface area contributed by atoms with Gasteiger partial charge >= 0.3 is 0 Å². The van der Waals surface area contributed by atoms with E-state index in [1.54, 1.807) is 11.0 Å². The number of aromatic nitrogens is 2. The molecule has 2 N–H and O–H groups in total. The number of amides is 1. The molecule has 0 saturated carbocycles. The smallest absolute Gasteiger partial charge is 0.261 e. The number of aryl methyl sites for hydroxylation is 2. The van der Waals surface area contributed by atoms with E-state index in [-0.39, 0.29) is 11.7 Å². The molecule has 0 unspecified atom stereocenters. The van der Waals surface area contributed by atoms with E-state index in [0.29, 0.717) is 17.8 Å². The van der Waals surface area contributed by atoms with E-state index in [1.807, 2.05) is 19.1 Å². The fraction of sp³-hybridized carbons (Fsp3) is 0.286. The van der Waals surface area contributed by atoms with E-state index in [4.69, 9.17) is 0 Å². The summed E-state index contributed by atoms with van der Waals surface area (Å²) >= 11 is 0. The topological polar surface area (TPSA) is 69.2 Å². The van der Waals surface area contributed by atoms with Crippen molar-refractivity contribution < 1.29 is 9.90 Å². The molecule has 19 heavy (non-hydrogen) atoms. The molecule has 2 heterocycles. The number of hydrogen-bond acceptors (Lipinski definition) is 3. The van der Waals surface area contributed by atoms with Crippen LogP contribution in [0.15, 0.2) is 24.4 Å². The largest absolute Gasteiger partial charge is 0.506 e. The highest BCUT2D eigenvalue weighted by atomic mass is 16.3. The second kappa shape index (κ2) is 4.42. The minimum atomic E-state index is -0.117. The van der Waals surface area contributed by atoms with Crippen molar-refractivity contribution in [1.29, 1.82) is 0 Å². The van der Waals surface area contributed by atoms with Crippen LogP contribution in [-0.2, 0) is 6.42 Å². The number of nitrogens with one attached hydrogen (secondary N) is 1. The number of carbonyl (C=O) groups is 1. The molecular weight excluding hydrogens is 242 g/mol. The molecule has 98 valence electrons. The van der Waals surface area contributed by atoms with Crippen LogP contribution in [-0.4, -0.2) is 27.8 Å². The zero-order chi connectivity index (χ0) is 13.4. The Morgan fingerprint density at radius 1 is 1.47 bits per heavy atom. The number of aromatic amines is 1. The quantitative estimate of drug-likeness (QED) is 0.821. The second-order valence-electron chi connectivity index (χ2n) is 4.75. The van der Waals surface area contributed by atoms with E-state index in [1.165, 1.54) is 6.20 Å². The van der Waals surface area contributed by atoms with E-state index in [0.717, 1.165) is 24.1 Å². The molecule has 5 heteroatoms. The average Bonchev–Trinajstić information content (AvgIpc) is 2.84. The van der Waals surface area contributed by atoms with Crippen LogP contribution in [0.25, 0.3) is 0 Å². The summed E-state index contributed by atoms with van der Waals surface area (Å²) in [5.41, 5.74) is 2.95. The van der Waals surface area contributed by atoms with Crippen molar-refractivity contribution in [3.63, 3.8) is 0 Å². The van der Waals surface area contributed by atoms with Gasteiger partial charge in [-0.05, 0) is 31.4 Å². The van der Waals surface area contributed by atoms with Crippen LogP contribution in [0.5, 0.6) is 5.75 Å². The summed E-state index contributed by atoms with van der Waals surface area (Å²) < 4.78 is 0. The van der Waals surface area contributed by atoms with Gasteiger partial charge in [-0.25, -0.2) is 0 Å². The Morgan fingerprint density at radius 2 is 2.32 bits per heavy atom. The molecule has 1 amide bonds. The molecule has 0 aliphatic carbocycles. The fourth-order valence-electron chi connectivity index (χ4n) is 2.55. The van der Waals surface area contributed by atoms with E-state index < -0.39 is 0 Å². The number of H-pyrrole nitrogens is 1. The number of anilines is 1. The summed E-state index contributed by atoms with van der Waals surface area (Å²) in [7, 11) is 0. The van der Waals surface area contributed by atoms with Gasteiger partial charge in [0.1, 0.15) is 5.75 Å². The average molecular weight is 257 g/mol. The Balaban J connectivity index is 2.05. The summed E-state index contributed by atoms with van der Waals surface area (Å²) in [6.07, 6.45) is 3.32. The van der Waals surface area contributed by atoms with Crippen LogP contribution in [0, 0.1) is 6.92 Å². The monoisotopic (exact) mass is 257 g/mol. The molecule has 1 aliphatic rings. The van der Waals surface area contributed by atoms with Crippen molar-refractivity contribution in [3.05, 3.63) is 41.2 Å². The third kappa shape index (κ3) is 1.87. The number of phenols is 1. The molecule has 0 saturated heterocycles. The second-order valence-corrected chi connectivity index (χ2v) is 4.75. The molecule has 0 fully saturated rings. The zero-order valence-electron chi connectivity index (χ0n) is 10.7. The Kier molecular flexibility index (Phi) is 2.74.